The van der Waals surface area contributed by atoms with E-state index >= 15 is 0 Å². The highest BCUT2D eigenvalue weighted by Gasteiger charge is 2.18. The van der Waals surface area contributed by atoms with E-state index in [0.29, 0.717) is 17.1 Å². The third-order valence-corrected chi connectivity index (χ3v) is 6.86. The molecule has 32 heavy (non-hydrogen) atoms. The smallest absolute Gasteiger partial charge is 0.131 e. The number of pyridine rings is 1. The molecule has 1 saturated heterocycles. The summed E-state index contributed by atoms with van der Waals surface area (Å²) in [5, 5.41) is 13.4. The topological polar surface area (TPSA) is 101 Å². The average molecular weight is 454 g/mol. The molecule has 1 aromatic heterocycles. The molecule has 0 saturated carbocycles. The standard InChI is InChI=1S/C19H19FN4.C6H13NS/c1-10(2)18-17(11-3-5-13(20)6-4-11)14-7-12(9-21)16(22)8-15(14)19(23)24-18;1-8-6-2-4-7-5-3-6/h3-10,21H,22H2,1-2H3,(H2,23,24);6-7H,2-5H2,1H3. The van der Waals surface area contributed by atoms with Crippen molar-refractivity contribution in [2.24, 2.45) is 0 Å². The third kappa shape index (κ3) is 5.40. The van der Waals surface area contributed by atoms with Crippen LogP contribution in [0.1, 0.15) is 43.9 Å². The molecular weight excluding hydrogens is 421 g/mol. The highest BCUT2D eigenvalue weighted by atomic mass is 32.2. The maximum Gasteiger partial charge on any atom is 0.131 e. The van der Waals surface area contributed by atoms with Gasteiger partial charge in [0.25, 0.3) is 0 Å². The van der Waals surface area contributed by atoms with Crippen LogP contribution >= 0.6 is 11.8 Å². The van der Waals surface area contributed by atoms with Gasteiger partial charge in [-0.05, 0) is 73.3 Å². The van der Waals surface area contributed by atoms with Crippen LogP contribution in [0.15, 0.2) is 36.4 Å². The number of nitrogens with two attached hydrogens (primary N) is 2. The number of rotatable bonds is 4. The number of benzene rings is 2. The van der Waals surface area contributed by atoms with Crippen molar-refractivity contribution in [1.82, 2.24) is 10.3 Å². The zero-order chi connectivity index (χ0) is 23.3. The van der Waals surface area contributed by atoms with Crippen molar-refractivity contribution < 1.29 is 4.39 Å². The van der Waals surface area contributed by atoms with Gasteiger partial charge in [0.05, 0.1) is 5.69 Å². The first-order chi connectivity index (χ1) is 15.3. The molecule has 170 valence electrons. The van der Waals surface area contributed by atoms with Crippen molar-refractivity contribution >= 4 is 40.3 Å². The van der Waals surface area contributed by atoms with Crippen molar-refractivity contribution in [3.8, 4) is 11.1 Å². The number of nitrogen functional groups attached to an aromatic ring is 2. The first kappa shape index (κ1) is 24.0. The lowest BCUT2D eigenvalue weighted by Gasteiger charge is -2.19. The number of piperidine rings is 1. The van der Waals surface area contributed by atoms with Crippen LogP contribution in [-0.4, -0.2) is 35.8 Å². The molecule has 2 aromatic carbocycles. The highest BCUT2D eigenvalue weighted by molar-refractivity contribution is 7.99. The summed E-state index contributed by atoms with van der Waals surface area (Å²) in [4.78, 5) is 4.57. The van der Waals surface area contributed by atoms with E-state index in [-0.39, 0.29) is 11.7 Å². The molecule has 2 heterocycles. The van der Waals surface area contributed by atoms with Gasteiger partial charge in [-0.1, -0.05) is 26.0 Å². The van der Waals surface area contributed by atoms with Crippen LogP contribution in [0.3, 0.4) is 0 Å². The van der Waals surface area contributed by atoms with Gasteiger partial charge in [-0.3, -0.25) is 0 Å². The van der Waals surface area contributed by atoms with Gasteiger partial charge < -0.3 is 22.2 Å². The Morgan fingerprint density at radius 3 is 2.31 bits per heavy atom. The maximum absolute atomic E-state index is 13.3. The number of halogens is 1. The molecule has 5 nitrogen and oxygen atoms in total. The Balaban J connectivity index is 0.000000305. The molecule has 0 amide bonds. The van der Waals surface area contributed by atoms with Crippen molar-refractivity contribution in [2.45, 2.75) is 37.9 Å². The van der Waals surface area contributed by atoms with Crippen molar-refractivity contribution in [3.63, 3.8) is 0 Å². The van der Waals surface area contributed by atoms with Crippen LogP contribution in [0.5, 0.6) is 0 Å². The molecule has 1 fully saturated rings. The number of fused-ring (bicyclic) bond motifs is 1. The van der Waals surface area contributed by atoms with Crippen LogP contribution in [0.25, 0.3) is 21.9 Å². The first-order valence-electron chi connectivity index (χ1n) is 10.9. The van der Waals surface area contributed by atoms with Gasteiger partial charge in [-0.15, -0.1) is 0 Å². The maximum atomic E-state index is 13.3. The summed E-state index contributed by atoms with van der Waals surface area (Å²) < 4.78 is 13.3. The molecule has 1 aliphatic rings. The Morgan fingerprint density at radius 2 is 1.78 bits per heavy atom. The minimum Gasteiger partial charge on any atom is -0.398 e. The largest absolute Gasteiger partial charge is 0.398 e. The molecule has 0 bridgehead atoms. The zero-order valence-corrected chi connectivity index (χ0v) is 19.7. The van der Waals surface area contributed by atoms with Crippen molar-refractivity contribution in [1.29, 1.82) is 5.41 Å². The fraction of sp³-hybridized carbons (Fsp3) is 0.360. The molecule has 0 radical (unpaired) electrons. The molecule has 1 aliphatic heterocycles. The summed E-state index contributed by atoms with van der Waals surface area (Å²) in [5.41, 5.74) is 15.8. The second-order valence-electron chi connectivity index (χ2n) is 8.27. The van der Waals surface area contributed by atoms with Gasteiger partial charge in [0.15, 0.2) is 0 Å². The lowest BCUT2D eigenvalue weighted by atomic mass is 9.91. The van der Waals surface area contributed by atoms with E-state index < -0.39 is 0 Å². The monoisotopic (exact) mass is 453 g/mol. The molecule has 4 rings (SSSR count). The first-order valence-corrected chi connectivity index (χ1v) is 12.2. The van der Waals surface area contributed by atoms with E-state index in [0.717, 1.165) is 32.8 Å². The highest BCUT2D eigenvalue weighted by Crippen LogP contribution is 2.38. The van der Waals surface area contributed by atoms with E-state index in [1.54, 1.807) is 18.2 Å². The second-order valence-corrected chi connectivity index (χ2v) is 9.41. The van der Waals surface area contributed by atoms with Gasteiger partial charge >= 0.3 is 0 Å². The molecule has 3 aromatic rings. The third-order valence-electron chi connectivity index (χ3n) is 5.72. The summed E-state index contributed by atoms with van der Waals surface area (Å²) in [6.45, 7) is 6.53. The number of anilines is 2. The van der Waals surface area contributed by atoms with Crippen molar-refractivity contribution in [2.75, 3.05) is 30.8 Å². The molecule has 0 aliphatic carbocycles. The van der Waals surface area contributed by atoms with E-state index in [1.807, 2.05) is 31.7 Å². The Morgan fingerprint density at radius 1 is 1.12 bits per heavy atom. The van der Waals surface area contributed by atoms with Crippen LogP contribution < -0.4 is 16.8 Å². The lowest BCUT2D eigenvalue weighted by Crippen LogP contribution is -2.28. The fourth-order valence-corrected chi connectivity index (χ4v) is 4.64. The summed E-state index contributed by atoms with van der Waals surface area (Å²) >= 11 is 2.01. The predicted molar refractivity (Wildman–Crippen MR) is 137 cm³/mol. The summed E-state index contributed by atoms with van der Waals surface area (Å²) in [5.74, 6) is 0.252. The molecule has 6 N–H and O–H groups in total. The molecular formula is C25H32FN5S. The van der Waals surface area contributed by atoms with Crippen LogP contribution in [0.4, 0.5) is 15.9 Å². The Kier molecular flexibility index (Phi) is 8.10. The minimum absolute atomic E-state index is 0.137. The Labute approximate surface area is 193 Å². The number of nitrogens with zero attached hydrogens (tertiary/aromatic N) is 1. The quantitative estimate of drug-likeness (QED) is 0.312. The molecule has 0 spiro atoms. The number of thioether (sulfide) groups is 1. The number of nitrogens with one attached hydrogen (secondary N) is 2. The summed E-state index contributed by atoms with van der Waals surface area (Å²) in [6.07, 6.45) is 6.15. The number of hydrogen-bond acceptors (Lipinski definition) is 6. The normalized spacial score (nSPS) is 14.3. The van der Waals surface area contributed by atoms with Crippen LogP contribution in [-0.2, 0) is 0 Å². The van der Waals surface area contributed by atoms with E-state index in [2.05, 4.69) is 16.6 Å². The number of hydrogen-bond donors (Lipinski definition) is 4. The molecule has 7 heteroatoms. The van der Waals surface area contributed by atoms with E-state index in [4.69, 9.17) is 16.9 Å². The lowest BCUT2D eigenvalue weighted by molar-refractivity contribution is 0.532. The molecule has 0 atom stereocenters. The van der Waals surface area contributed by atoms with Gasteiger partial charge in [-0.2, -0.15) is 11.8 Å². The van der Waals surface area contributed by atoms with Gasteiger partial charge in [0.1, 0.15) is 11.6 Å². The summed E-state index contributed by atoms with van der Waals surface area (Å²) in [6, 6.07) is 9.91. The Bertz CT molecular complexity index is 1080. The molecule has 0 unspecified atom stereocenters. The van der Waals surface area contributed by atoms with E-state index in [9.17, 15) is 4.39 Å². The second kappa shape index (κ2) is 10.8. The van der Waals surface area contributed by atoms with Gasteiger partial charge in [-0.25, -0.2) is 9.37 Å². The van der Waals surface area contributed by atoms with Crippen LogP contribution in [0.2, 0.25) is 0 Å². The van der Waals surface area contributed by atoms with Crippen LogP contribution in [0, 0.1) is 11.2 Å². The zero-order valence-electron chi connectivity index (χ0n) is 18.9. The minimum atomic E-state index is -0.290. The van der Waals surface area contributed by atoms with Gasteiger partial charge in [0, 0.05) is 33.7 Å². The van der Waals surface area contributed by atoms with Gasteiger partial charge in [0.2, 0.25) is 0 Å². The van der Waals surface area contributed by atoms with E-state index in [1.165, 1.54) is 44.3 Å². The average Bonchev–Trinajstić information content (AvgIpc) is 2.80. The SMILES string of the molecule is CC(C)c1nc(N)c2cc(N)c(C=N)cc2c1-c1ccc(F)cc1.CSC1CCNCC1. The Hall–Kier alpha value is -2.64. The number of aromatic nitrogens is 1. The summed E-state index contributed by atoms with van der Waals surface area (Å²) in [7, 11) is 0. The predicted octanol–water partition coefficient (Wildman–Crippen LogP) is 5.43. The fourth-order valence-electron chi connectivity index (χ4n) is 3.93. The van der Waals surface area contributed by atoms with Crippen molar-refractivity contribution in [3.05, 3.63) is 53.5 Å².